The molecular formula is C7H7ClN4OS. The molecule has 0 aliphatic carbocycles. The molecule has 1 rings (SSSR count). The Balaban J connectivity index is 2.48. The van der Waals surface area contributed by atoms with E-state index in [1.54, 1.807) is 6.92 Å². The van der Waals surface area contributed by atoms with Crippen molar-refractivity contribution in [3.05, 3.63) is 9.47 Å². The van der Waals surface area contributed by atoms with Gasteiger partial charge < -0.3 is 5.32 Å². The molecule has 0 aromatic carbocycles. The number of nitrogens with one attached hydrogen (secondary N) is 1. The van der Waals surface area contributed by atoms with Gasteiger partial charge in [-0.3, -0.25) is 4.79 Å². The minimum absolute atomic E-state index is 0.208. The van der Waals surface area contributed by atoms with Gasteiger partial charge in [-0.1, -0.05) is 11.3 Å². The van der Waals surface area contributed by atoms with Crippen molar-refractivity contribution in [2.45, 2.75) is 6.92 Å². The number of hydrogen-bond acceptors (Lipinski definition) is 5. The summed E-state index contributed by atoms with van der Waals surface area (Å²) < 4.78 is 0.225. The van der Waals surface area contributed by atoms with E-state index in [0.717, 1.165) is 11.3 Å². The molecule has 7 heteroatoms. The molecule has 0 aliphatic rings. The third kappa shape index (κ3) is 2.94. The van der Waals surface area contributed by atoms with E-state index in [2.05, 4.69) is 15.5 Å². The second-order valence-electron chi connectivity index (χ2n) is 2.60. The maximum Gasteiger partial charge on any atom is 0.282 e. The number of hydrogen-bond donors (Lipinski definition) is 1. The van der Waals surface area contributed by atoms with Crippen LogP contribution in [0, 0.1) is 17.2 Å². The fourth-order valence-corrected chi connectivity index (χ4v) is 1.41. The summed E-state index contributed by atoms with van der Waals surface area (Å²) in [5.41, 5.74) is 0. The summed E-state index contributed by atoms with van der Waals surface area (Å²) >= 11 is 6.51. The maximum absolute atomic E-state index is 11.3. The Morgan fingerprint density at radius 2 is 2.50 bits per heavy atom. The number of carbonyl (C=O) groups excluding carboxylic acids is 1. The fourth-order valence-electron chi connectivity index (χ4n) is 0.664. The quantitative estimate of drug-likeness (QED) is 0.843. The molecule has 1 unspecified atom stereocenters. The summed E-state index contributed by atoms with van der Waals surface area (Å²) in [6, 6.07) is 2.00. The normalized spacial score (nSPS) is 11.8. The van der Waals surface area contributed by atoms with Gasteiger partial charge in [0.2, 0.25) is 9.47 Å². The predicted octanol–water partition coefficient (Wildman–Crippen LogP) is 1.08. The van der Waals surface area contributed by atoms with E-state index in [0.29, 0.717) is 6.54 Å². The molecule has 0 fully saturated rings. The van der Waals surface area contributed by atoms with Crippen LogP contribution in [0.25, 0.3) is 0 Å². The van der Waals surface area contributed by atoms with Crippen molar-refractivity contribution in [1.82, 2.24) is 15.5 Å². The van der Waals surface area contributed by atoms with Crippen LogP contribution in [0.1, 0.15) is 16.7 Å². The highest BCUT2D eigenvalue weighted by atomic mass is 35.5. The second kappa shape index (κ2) is 4.88. The lowest BCUT2D eigenvalue weighted by Crippen LogP contribution is -2.27. The molecule has 1 heterocycles. The zero-order chi connectivity index (χ0) is 10.6. The first-order chi connectivity index (χ1) is 6.63. The zero-order valence-electron chi connectivity index (χ0n) is 7.32. The highest BCUT2D eigenvalue weighted by molar-refractivity contribution is 7.17. The van der Waals surface area contributed by atoms with E-state index in [9.17, 15) is 4.79 Å². The van der Waals surface area contributed by atoms with E-state index in [4.69, 9.17) is 16.9 Å². The lowest BCUT2D eigenvalue weighted by molar-refractivity contribution is 0.0949. The summed E-state index contributed by atoms with van der Waals surface area (Å²) in [5.74, 6) is -0.571. The number of nitriles is 1. The first-order valence-corrected chi connectivity index (χ1v) is 4.99. The van der Waals surface area contributed by atoms with Gasteiger partial charge in [0.25, 0.3) is 5.91 Å². The number of halogens is 1. The lowest BCUT2D eigenvalue weighted by Gasteiger charge is -2.02. The van der Waals surface area contributed by atoms with Crippen LogP contribution in [-0.4, -0.2) is 22.6 Å². The third-order valence-electron chi connectivity index (χ3n) is 1.38. The summed E-state index contributed by atoms with van der Waals surface area (Å²) in [6.45, 7) is 2.01. The number of amides is 1. The van der Waals surface area contributed by atoms with Crippen molar-refractivity contribution in [3.63, 3.8) is 0 Å². The topological polar surface area (TPSA) is 78.7 Å². The minimum Gasteiger partial charge on any atom is -0.349 e. The number of rotatable bonds is 3. The molecule has 0 saturated carbocycles. The number of aromatic nitrogens is 2. The van der Waals surface area contributed by atoms with Crippen molar-refractivity contribution in [2.75, 3.05) is 6.54 Å². The van der Waals surface area contributed by atoms with Gasteiger partial charge in [0.15, 0.2) is 0 Å². The molecule has 0 bridgehead atoms. The van der Waals surface area contributed by atoms with Crippen LogP contribution in [0.5, 0.6) is 0 Å². The van der Waals surface area contributed by atoms with E-state index >= 15 is 0 Å². The Bertz CT molecular complexity index is 372. The van der Waals surface area contributed by atoms with Crippen LogP contribution < -0.4 is 5.32 Å². The van der Waals surface area contributed by atoms with E-state index in [1.165, 1.54) is 0 Å². The van der Waals surface area contributed by atoms with E-state index < -0.39 is 0 Å². The van der Waals surface area contributed by atoms with Gasteiger partial charge in [-0.05, 0) is 18.5 Å². The standard InChI is InChI=1S/C7H7ClN4OS/c1-4(2-9)3-10-5(13)6-11-12-7(8)14-6/h4H,3H2,1H3,(H,10,13). The van der Waals surface area contributed by atoms with Gasteiger partial charge in [0.1, 0.15) is 0 Å². The molecule has 1 atom stereocenters. The third-order valence-corrected chi connectivity index (χ3v) is 2.40. The highest BCUT2D eigenvalue weighted by Crippen LogP contribution is 2.14. The first kappa shape index (κ1) is 10.9. The van der Waals surface area contributed by atoms with E-state index in [-0.39, 0.29) is 21.3 Å². The van der Waals surface area contributed by atoms with Gasteiger partial charge in [-0.15, -0.1) is 10.2 Å². The predicted molar refractivity (Wildman–Crippen MR) is 52.0 cm³/mol. The largest absolute Gasteiger partial charge is 0.349 e. The summed E-state index contributed by atoms with van der Waals surface area (Å²) in [6.07, 6.45) is 0. The van der Waals surface area contributed by atoms with Crippen molar-refractivity contribution >= 4 is 28.8 Å². The Morgan fingerprint density at radius 3 is 3.00 bits per heavy atom. The monoisotopic (exact) mass is 230 g/mol. The van der Waals surface area contributed by atoms with Gasteiger partial charge in [0, 0.05) is 6.54 Å². The highest BCUT2D eigenvalue weighted by Gasteiger charge is 2.12. The molecule has 5 nitrogen and oxygen atoms in total. The smallest absolute Gasteiger partial charge is 0.282 e. The maximum atomic E-state index is 11.3. The van der Waals surface area contributed by atoms with Crippen molar-refractivity contribution in [3.8, 4) is 6.07 Å². The van der Waals surface area contributed by atoms with Crippen LogP contribution in [0.4, 0.5) is 0 Å². The summed E-state index contributed by atoms with van der Waals surface area (Å²) in [4.78, 5) is 11.3. The number of nitrogens with zero attached hydrogens (tertiary/aromatic N) is 3. The second-order valence-corrected chi connectivity index (χ2v) is 4.16. The molecule has 1 N–H and O–H groups in total. The van der Waals surface area contributed by atoms with Gasteiger partial charge in [0.05, 0.1) is 12.0 Å². The van der Waals surface area contributed by atoms with E-state index in [1.807, 2.05) is 6.07 Å². The summed E-state index contributed by atoms with van der Waals surface area (Å²) in [5, 5.41) is 18.3. The molecule has 1 aromatic heterocycles. The van der Waals surface area contributed by atoms with Crippen molar-refractivity contribution in [2.24, 2.45) is 5.92 Å². The van der Waals surface area contributed by atoms with Crippen LogP contribution in [0.15, 0.2) is 0 Å². The molecule has 1 aromatic rings. The summed E-state index contributed by atoms with van der Waals surface area (Å²) in [7, 11) is 0. The van der Waals surface area contributed by atoms with Crippen LogP contribution in [0.3, 0.4) is 0 Å². The molecule has 0 radical (unpaired) electrons. The molecule has 0 saturated heterocycles. The molecule has 1 amide bonds. The van der Waals surface area contributed by atoms with Crippen molar-refractivity contribution < 1.29 is 4.79 Å². The van der Waals surface area contributed by atoms with Gasteiger partial charge >= 0.3 is 0 Å². The zero-order valence-corrected chi connectivity index (χ0v) is 8.89. The average molecular weight is 231 g/mol. The molecule has 74 valence electrons. The molecular weight excluding hydrogens is 224 g/mol. The average Bonchev–Trinajstić information content (AvgIpc) is 2.60. The van der Waals surface area contributed by atoms with Crippen LogP contribution in [0.2, 0.25) is 4.47 Å². The molecule has 0 aliphatic heterocycles. The SMILES string of the molecule is CC(C#N)CNC(=O)c1nnc(Cl)s1. The molecule has 0 spiro atoms. The Hall–Kier alpha value is -1.19. The van der Waals surface area contributed by atoms with Crippen LogP contribution >= 0.6 is 22.9 Å². The van der Waals surface area contributed by atoms with Crippen LogP contribution in [-0.2, 0) is 0 Å². The Morgan fingerprint density at radius 1 is 1.79 bits per heavy atom. The number of carbonyl (C=O) groups is 1. The lowest BCUT2D eigenvalue weighted by atomic mass is 10.2. The Labute approximate surface area is 89.7 Å². The minimum atomic E-state index is -0.350. The molecule has 14 heavy (non-hydrogen) atoms. The van der Waals surface area contributed by atoms with Gasteiger partial charge in [-0.2, -0.15) is 5.26 Å². The first-order valence-electron chi connectivity index (χ1n) is 3.80. The fraction of sp³-hybridized carbons (Fsp3) is 0.429. The van der Waals surface area contributed by atoms with Gasteiger partial charge in [-0.25, -0.2) is 0 Å². The van der Waals surface area contributed by atoms with Crippen molar-refractivity contribution in [1.29, 1.82) is 5.26 Å². The Kier molecular flexibility index (Phi) is 3.80.